The highest BCUT2D eigenvalue weighted by Crippen LogP contribution is 1.98. The number of H-pyrrole nitrogens is 1. The van der Waals surface area contributed by atoms with Gasteiger partial charge in [0, 0.05) is 20.0 Å². The lowest BCUT2D eigenvalue weighted by Gasteiger charge is -2.14. The van der Waals surface area contributed by atoms with Gasteiger partial charge in [-0.15, -0.1) is 0 Å². The first-order valence-corrected chi connectivity index (χ1v) is 4.44. The van der Waals surface area contributed by atoms with E-state index in [2.05, 4.69) is 15.2 Å². The summed E-state index contributed by atoms with van der Waals surface area (Å²) < 4.78 is 0. The van der Waals surface area contributed by atoms with Crippen molar-refractivity contribution in [2.45, 2.75) is 12.8 Å². The van der Waals surface area contributed by atoms with Crippen molar-refractivity contribution >= 4 is 11.9 Å². The predicted molar refractivity (Wildman–Crippen MR) is 50.2 cm³/mol. The number of carboxylic acids is 1. The Morgan fingerprint density at radius 3 is 2.87 bits per heavy atom. The minimum absolute atomic E-state index is 0.0496. The first-order chi connectivity index (χ1) is 7.11. The van der Waals surface area contributed by atoms with Gasteiger partial charge in [-0.2, -0.15) is 5.10 Å². The zero-order valence-electron chi connectivity index (χ0n) is 8.30. The minimum Gasteiger partial charge on any atom is -0.481 e. The van der Waals surface area contributed by atoms with Crippen LogP contribution in [0.2, 0.25) is 0 Å². The zero-order chi connectivity index (χ0) is 11.3. The van der Waals surface area contributed by atoms with Crippen molar-refractivity contribution in [1.82, 2.24) is 20.1 Å². The molecule has 1 heterocycles. The second kappa shape index (κ2) is 5.08. The molecular formula is C8H12N4O3. The molecule has 82 valence electrons. The number of amides is 1. The summed E-state index contributed by atoms with van der Waals surface area (Å²) in [5, 5.41) is 14.4. The fourth-order valence-corrected chi connectivity index (χ4v) is 1.06. The third-order valence-electron chi connectivity index (χ3n) is 1.85. The Morgan fingerprint density at radius 1 is 1.60 bits per heavy atom. The van der Waals surface area contributed by atoms with Crippen molar-refractivity contribution in [3.8, 4) is 0 Å². The molecule has 0 atom stereocenters. The Balaban J connectivity index is 2.37. The number of nitrogens with one attached hydrogen (secondary N) is 1. The molecule has 0 aliphatic heterocycles. The summed E-state index contributed by atoms with van der Waals surface area (Å²) in [6.45, 7) is 0.381. The zero-order valence-corrected chi connectivity index (χ0v) is 8.30. The summed E-state index contributed by atoms with van der Waals surface area (Å²) in [5.41, 5.74) is 0. The molecule has 0 aliphatic rings. The summed E-state index contributed by atoms with van der Waals surface area (Å²) in [7, 11) is 1.59. The number of carbonyl (C=O) groups excluding carboxylic acids is 1. The molecule has 0 aromatic carbocycles. The van der Waals surface area contributed by atoms with E-state index in [1.807, 2.05) is 0 Å². The second-order valence-corrected chi connectivity index (χ2v) is 3.06. The van der Waals surface area contributed by atoms with E-state index in [0.717, 1.165) is 0 Å². The van der Waals surface area contributed by atoms with Gasteiger partial charge in [0.05, 0.1) is 0 Å². The largest absolute Gasteiger partial charge is 0.481 e. The maximum Gasteiger partial charge on any atom is 0.303 e. The molecule has 0 unspecified atom stereocenters. The maximum absolute atomic E-state index is 11.5. The average Bonchev–Trinajstić information content (AvgIpc) is 2.68. The molecular weight excluding hydrogens is 200 g/mol. The fraction of sp³-hybridized carbons (Fsp3) is 0.500. The van der Waals surface area contributed by atoms with Crippen LogP contribution in [0.25, 0.3) is 0 Å². The summed E-state index contributed by atoms with van der Waals surface area (Å²) in [6.07, 6.45) is 1.72. The normalized spacial score (nSPS) is 9.93. The van der Waals surface area contributed by atoms with Crippen LogP contribution in [0.4, 0.5) is 0 Å². The molecule has 1 amide bonds. The van der Waals surface area contributed by atoms with E-state index in [1.54, 1.807) is 7.05 Å². The molecule has 1 aromatic heterocycles. The van der Waals surface area contributed by atoms with Crippen molar-refractivity contribution in [3.63, 3.8) is 0 Å². The smallest absolute Gasteiger partial charge is 0.303 e. The number of rotatable bonds is 5. The maximum atomic E-state index is 11.5. The van der Waals surface area contributed by atoms with Crippen LogP contribution in [-0.4, -0.2) is 50.7 Å². The third-order valence-corrected chi connectivity index (χ3v) is 1.85. The number of carboxylic acid groups (broad SMARTS) is 1. The van der Waals surface area contributed by atoms with Crippen LogP contribution in [0, 0.1) is 0 Å². The molecule has 0 saturated heterocycles. The van der Waals surface area contributed by atoms with Crippen LogP contribution in [0.3, 0.4) is 0 Å². The quantitative estimate of drug-likeness (QED) is 0.700. The number of hydrogen-bond donors (Lipinski definition) is 2. The molecule has 7 nitrogen and oxygen atoms in total. The molecule has 0 spiro atoms. The van der Waals surface area contributed by atoms with Crippen LogP contribution >= 0.6 is 0 Å². The Morgan fingerprint density at radius 2 is 2.33 bits per heavy atom. The Hall–Kier alpha value is -1.92. The fourth-order valence-electron chi connectivity index (χ4n) is 1.06. The van der Waals surface area contributed by atoms with Gasteiger partial charge in [0.25, 0.3) is 5.91 Å². The highest BCUT2D eigenvalue weighted by molar-refractivity contribution is 5.90. The number of carbonyl (C=O) groups is 2. The van der Waals surface area contributed by atoms with Gasteiger partial charge in [-0.05, 0) is 6.42 Å². The molecule has 0 fully saturated rings. The molecule has 1 rings (SSSR count). The lowest BCUT2D eigenvalue weighted by Crippen LogP contribution is -2.29. The van der Waals surface area contributed by atoms with E-state index < -0.39 is 5.97 Å². The van der Waals surface area contributed by atoms with Crippen molar-refractivity contribution in [2.24, 2.45) is 0 Å². The van der Waals surface area contributed by atoms with Gasteiger partial charge in [0.1, 0.15) is 6.33 Å². The van der Waals surface area contributed by atoms with Gasteiger partial charge in [-0.3, -0.25) is 14.7 Å². The Kier molecular flexibility index (Phi) is 3.78. The Labute approximate surface area is 86.1 Å². The van der Waals surface area contributed by atoms with Crippen LogP contribution in [0.15, 0.2) is 6.33 Å². The van der Waals surface area contributed by atoms with Gasteiger partial charge in [0.2, 0.25) is 5.82 Å². The van der Waals surface area contributed by atoms with Crippen molar-refractivity contribution in [3.05, 3.63) is 12.2 Å². The second-order valence-electron chi connectivity index (χ2n) is 3.06. The summed E-state index contributed by atoms with van der Waals surface area (Å²) in [5.74, 6) is -0.999. The summed E-state index contributed by atoms with van der Waals surface area (Å²) in [4.78, 5) is 26.9. The van der Waals surface area contributed by atoms with Crippen LogP contribution in [0.5, 0.6) is 0 Å². The van der Waals surface area contributed by atoms with Gasteiger partial charge >= 0.3 is 5.97 Å². The van der Waals surface area contributed by atoms with Gasteiger partial charge in [-0.25, -0.2) is 4.98 Å². The molecule has 0 aliphatic carbocycles. The lowest BCUT2D eigenvalue weighted by atomic mass is 10.3. The summed E-state index contributed by atoms with van der Waals surface area (Å²) >= 11 is 0. The first-order valence-electron chi connectivity index (χ1n) is 4.44. The van der Waals surface area contributed by atoms with Crippen molar-refractivity contribution in [2.75, 3.05) is 13.6 Å². The van der Waals surface area contributed by atoms with Crippen LogP contribution in [0.1, 0.15) is 23.5 Å². The number of aromatic nitrogens is 3. The topological polar surface area (TPSA) is 99.2 Å². The average molecular weight is 212 g/mol. The highest BCUT2D eigenvalue weighted by Gasteiger charge is 2.14. The number of hydrogen-bond acceptors (Lipinski definition) is 4. The van der Waals surface area contributed by atoms with Crippen molar-refractivity contribution < 1.29 is 14.7 Å². The molecule has 0 saturated carbocycles. The minimum atomic E-state index is -0.865. The molecule has 1 aromatic rings. The van der Waals surface area contributed by atoms with Crippen LogP contribution in [-0.2, 0) is 4.79 Å². The van der Waals surface area contributed by atoms with Crippen LogP contribution < -0.4 is 0 Å². The van der Waals surface area contributed by atoms with E-state index in [0.29, 0.717) is 13.0 Å². The Bertz CT molecular complexity index is 336. The van der Waals surface area contributed by atoms with E-state index in [-0.39, 0.29) is 18.2 Å². The number of aromatic amines is 1. The van der Waals surface area contributed by atoms with E-state index in [1.165, 1.54) is 11.2 Å². The third kappa shape index (κ3) is 3.37. The molecule has 0 radical (unpaired) electrons. The van der Waals surface area contributed by atoms with Gasteiger partial charge < -0.3 is 10.0 Å². The molecule has 7 heteroatoms. The van der Waals surface area contributed by atoms with Gasteiger partial charge in [0.15, 0.2) is 0 Å². The summed E-state index contributed by atoms with van der Waals surface area (Å²) in [6, 6.07) is 0. The standard InChI is InChI=1S/C8H12N4O3/c1-12(4-2-3-6(13)14)8(15)7-9-5-10-11-7/h5H,2-4H2,1H3,(H,13,14)(H,9,10,11). The monoisotopic (exact) mass is 212 g/mol. The molecule has 15 heavy (non-hydrogen) atoms. The molecule has 0 bridgehead atoms. The first kappa shape index (κ1) is 11.2. The molecule has 2 N–H and O–H groups in total. The highest BCUT2D eigenvalue weighted by atomic mass is 16.4. The van der Waals surface area contributed by atoms with E-state index in [4.69, 9.17) is 5.11 Å². The van der Waals surface area contributed by atoms with Gasteiger partial charge in [-0.1, -0.05) is 0 Å². The van der Waals surface area contributed by atoms with E-state index in [9.17, 15) is 9.59 Å². The predicted octanol–water partition coefficient (Wildman–Crippen LogP) is -0.259. The lowest BCUT2D eigenvalue weighted by molar-refractivity contribution is -0.137. The van der Waals surface area contributed by atoms with E-state index >= 15 is 0 Å². The number of nitrogens with zero attached hydrogens (tertiary/aromatic N) is 3. The SMILES string of the molecule is CN(CCCC(=O)O)C(=O)c1ncn[nH]1. The number of aliphatic carboxylic acids is 1. The van der Waals surface area contributed by atoms with Crippen molar-refractivity contribution in [1.29, 1.82) is 0 Å².